The Morgan fingerprint density at radius 3 is 2.68 bits per heavy atom. The van der Waals surface area contributed by atoms with Crippen LogP contribution in [0.3, 0.4) is 0 Å². The Bertz CT molecular complexity index is 1230. The summed E-state index contributed by atoms with van der Waals surface area (Å²) in [4.78, 5) is 18.7. The SMILES string of the molecule is Cc1cc(CN2CCOCC2)ccc1COc1ccc(Cl)cc1-c1csc(C2CCC(C(=O)O)CC2)n1. The quantitative estimate of drug-likeness (QED) is 0.349. The molecule has 1 saturated heterocycles. The molecule has 3 aromatic rings. The molecule has 1 aliphatic carbocycles. The Kier molecular flexibility index (Phi) is 8.45. The van der Waals surface area contributed by atoms with Crippen LogP contribution in [-0.2, 0) is 22.7 Å². The summed E-state index contributed by atoms with van der Waals surface area (Å²) >= 11 is 8.00. The second-order valence-corrected chi connectivity index (χ2v) is 11.4. The number of thiazole rings is 1. The molecule has 0 unspecified atom stereocenters. The van der Waals surface area contributed by atoms with Crippen molar-refractivity contribution in [3.63, 3.8) is 0 Å². The lowest BCUT2D eigenvalue weighted by atomic mass is 9.82. The second-order valence-electron chi connectivity index (χ2n) is 10.0. The van der Waals surface area contributed by atoms with Crippen LogP contribution in [0.5, 0.6) is 5.75 Å². The fourth-order valence-corrected chi connectivity index (χ4v) is 6.37. The highest BCUT2D eigenvalue weighted by molar-refractivity contribution is 7.10. The first-order chi connectivity index (χ1) is 18.0. The Morgan fingerprint density at radius 2 is 1.95 bits per heavy atom. The molecule has 2 fully saturated rings. The van der Waals surface area contributed by atoms with E-state index >= 15 is 0 Å². The number of aryl methyl sites for hydroxylation is 1. The van der Waals surface area contributed by atoms with E-state index in [0.717, 1.165) is 73.3 Å². The Morgan fingerprint density at radius 1 is 1.16 bits per heavy atom. The number of morpholine rings is 1. The van der Waals surface area contributed by atoms with Crippen LogP contribution in [0, 0.1) is 12.8 Å². The van der Waals surface area contributed by atoms with E-state index < -0.39 is 5.97 Å². The summed E-state index contributed by atoms with van der Waals surface area (Å²) in [5.41, 5.74) is 5.42. The fraction of sp³-hybridized carbons (Fsp3) is 0.448. The number of carboxylic acids is 1. The summed E-state index contributed by atoms with van der Waals surface area (Å²) < 4.78 is 11.8. The molecule has 0 spiro atoms. The number of rotatable bonds is 8. The van der Waals surface area contributed by atoms with Gasteiger partial charge in [0.2, 0.25) is 0 Å². The van der Waals surface area contributed by atoms with Gasteiger partial charge in [0.05, 0.1) is 29.8 Å². The van der Waals surface area contributed by atoms with E-state index in [9.17, 15) is 9.90 Å². The highest BCUT2D eigenvalue weighted by atomic mass is 35.5. The van der Waals surface area contributed by atoms with E-state index in [1.54, 1.807) is 11.3 Å². The fourth-order valence-electron chi connectivity index (χ4n) is 5.21. The lowest BCUT2D eigenvalue weighted by molar-refractivity contribution is -0.142. The van der Waals surface area contributed by atoms with Crippen LogP contribution in [0.4, 0.5) is 0 Å². The second kappa shape index (κ2) is 11.9. The molecule has 2 heterocycles. The lowest BCUT2D eigenvalue weighted by Crippen LogP contribution is -2.35. The highest BCUT2D eigenvalue weighted by Gasteiger charge is 2.28. The van der Waals surface area contributed by atoms with Crippen LogP contribution in [0.15, 0.2) is 41.8 Å². The van der Waals surface area contributed by atoms with E-state index in [-0.39, 0.29) is 5.92 Å². The number of carboxylic acid groups (broad SMARTS) is 1. The molecular weight excluding hydrogens is 508 g/mol. The molecule has 37 heavy (non-hydrogen) atoms. The Labute approximate surface area is 227 Å². The van der Waals surface area contributed by atoms with Gasteiger partial charge < -0.3 is 14.6 Å². The van der Waals surface area contributed by atoms with Crippen LogP contribution in [0.1, 0.15) is 53.3 Å². The minimum atomic E-state index is -0.680. The van der Waals surface area contributed by atoms with Gasteiger partial charge in [0.25, 0.3) is 0 Å². The first-order valence-electron chi connectivity index (χ1n) is 13.0. The van der Waals surface area contributed by atoms with Gasteiger partial charge in [-0.2, -0.15) is 0 Å². The van der Waals surface area contributed by atoms with Crippen LogP contribution in [-0.4, -0.2) is 47.3 Å². The molecule has 0 radical (unpaired) electrons. The van der Waals surface area contributed by atoms with Crippen molar-refractivity contribution < 1.29 is 19.4 Å². The first-order valence-corrected chi connectivity index (χ1v) is 14.2. The number of ether oxygens (including phenoxy) is 2. The van der Waals surface area contributed by atoms with E-state index in [2.05, 4.69) is 35.4 Å². The van der Waals surface area contributed by atoms with Crippen molar-refractivity contribution in [3.05, 3.63) is 68.5 Å². The van der Waals surface area contributed by atoms with E-state index in [4.69, 9.17) is 26.1 Å². The number of hydrogen-bond donors (Lipinski definition) is 1. The summed E-state index contributed by atoms with van der Waals surface area (Å²) in [5, 5.41) is 13.1. The minimum absolute atomic E-state index is 0.222. The zero-order valence-electron chi connectivity index (χ0n) is 21.1. The molecule has 1 N–H and O–H groups in total. The Balaban J connectivity index is 1.26. The summed E-state index contributed by atoms with van der Waals surface area (Å²) in [6.07, 6.45) is 3.16. The number of hydrogen-bond acceptors (Lipinski definition) is 6. The molecule has 196 valence electrons. The first kappa shape index (κ1) is 26.2. The molecule has 0 bridgehead atoms. The van der Waals surface area contributed by atoms with Gasteiger partial charge in [0.1, 0.15) is 12.4 Å². The zero-order chi connectivity index (χ0) is 25.8. The maximum Gasteiger partial charge on any atom is 0.306 e. The van der Waals surface area contributed by atoms with Crippen LogP contribution >= 0.6 is 22.9 Å². The van der Waals surface area contributed by atoms with Crippen LogP contribution in [0.25, 0.3) is 11.3 Å². The van der Waals surface area contributed by atoms with Gasteiger partial charge in [-0.05, 0) is 67.5 Å². The van der Waals surface area contributed by atoms with Gasteiger partial charge in [-0.15, -0.1) is 11.3 Å². The van der Waals surface area contributed by atoms with Gasteiger partial charge in [0, 0.05) is 41.5 Å². The predicted molar refractivity (Wildman–Crippen MR) is 147 cm³/mol. The van der Waals surface area contributed by atoms with Gasteiger partial charge in [-0.3, -0.25) is 9.69 Å². The normalized spacial score (nSPS) is 20.6. The molecule has 0 atom stereocenters. The minimum Gasteiger partial charge on any atom is -0.488 e. The predicted octanol–water partition coefficient (Wildman–Crippen LogP) is 6.54. The number of carbonyl (C=O) groups is 1. The molecule has 0 amide bonds. The van der Waals surface area contributed by atoms with Crippen molar-refractivity contribution in [2.24, 2.45) is 5.92 Å². The standard InChI is InChI=1S/C29H33ClN2O4S/c1-19-14-20(16-32-10-12-35-13-11-32)2-3-23(19)17-36-27-9-8-24(30)15-25(27)26-18-37-28(31-26)21-4-6-22(7-5-21)29(33)34/h2-3,8-9,14-15,18,21-22H,4-7,10-13,16-17H2,1H3,(H,33,34). The zero-order valence-corrected chi connectivity index (χ0v) is 22.7. The van der Waals surface area contributed by atoms with E-state index in [0.29, 0.717) is 30.4 Å². The number of aromatic nitrogens is 1. The summed E-state index contributed by atoms with van der Waals surface area (Å²) in [6, 6.07) is 12.3. The number of benzene rings is 2. The third kappa shape index (κ3) is 6.52. The molecule has 5 rings (SSSR count). The molecule has 1 aliphatic heterocycles. The topological polar surface area (TPSA) is 71.9 Å². The highest BCUT2D eigenvalue weighted by Crippen LogP contribution is 2.40. The van der Waals surface area contributed by atoms with E-state index in [1.165, 1.54) is 11.1 Å². The molecule has 8 heteroatoms. The Hall–Kier alpha value is -2.45. The molecule has 1 aromatic heterocycles. The van der Waals surface area contributed by atoms with Crippen molar-refractivity contribution in [2.75, 3.05) is 26.3 Å². The molecule has 2 aromatic carbocycles. The van der Waals surface area contributed by atoms with Gasteiger partial charge in [-0.25, -0.2) is 4.98 Å². The third-order valence-corrected chi connectivity index (χ3v) is 8.71. The number of halogens is 1. The molecule has 2 aliphatic rings. The molecule has 6 nitrogen and oxygen atoms in total. The van der Waals surface area contributed by atoms with Gasteiger partial charge in [0.15, 0.2) is 0 Å². The average Bonchev–Trinajstić information content (AvgIpc) is 3.40. The molecular formula is C29H33ClN2O4S. The van der Waals surface area contributed by atoms with Gasteiger partial charge in [-0.1, -0.05) is 29.8 Å². The third-order valence-electron chi connectivity index (χ3n) is 7.47. The summed E-state index contributed by atoms with van der Waals surface area (Å²) in [7, 11) is 0. The maximum absolute atomic E-state index is 11.3. The summed E-state index contributed by atoms with van der Waals surface area (Å²) in [6.45, 7) is 7.11. The van der Waals surface area contributed by atoms with Crippen molar-refractivity contribution in [1.29, 1.82) is 0 Å². The maximum atomic E-state index is 11.3. The van der Waals surface area contributed by atoms with Crippen molar-refractivity contribution >= 4 is 28.9 Å². The largest absolute Gasteiger partial charge is 0.488 e. The monoisotopic (exact) mass is 540 g/mol. The van der Waals surface area contributed by atoms with E-state index in [1.807, 2.05) is 18.2 Å². The smallest absolute Gasteiger partial charge is 0.306 e. The molecule has 1 saturated carbocycles. The average molecular weight is 541 g/mol. The van der Waals surface area contributed by atoms with Gasteiger partial charge >= 0.3 is 5.97 Å². The van der Waals surface area contributed by atoms with Crippen molar-refractivity contribution in [2.45, 2.75) is 51.7 Å². The van der Waals surface area contributed by atoms with Crippen molar-refractivity contribution in [1.82, 2.24) is 9.88 Å². The van der Waals surface area contributed by atoms with Crippen LogP contribution in [0.2, 0.25) is 5.02 Å². The number of nitrogens with zero attached hydrogens (tertiary/aromatic N) is 2. The van der Waals surface area contributed by atoms with Crippen molar-refractivity contribution in [3.8, 4) is 17.0 Å². The van der Waals surface area contributed by atoms with Crippen LogP contribution < -0.4 is 4.74 Å². The summed E-state index contributed by atoms with van der Waals surface area (Å²) in [5.74, 6) is 0.172. The lowest BCUT2D eigenvalue weighted by Gasteiger charge is -2.26. The number of aliphatic carboxylic acids is 1.